The Hall–Kier alpha value is -3.89. The first kappa shape index (κ1) is 22.3. The number of rotatable bonds is 7. The molecule has 0 bridgehead atoms. The lowest BCUT2D eigenvalue weighted by molar-refractivity contribution is 0.643. The average molecular weight is 431 g/mol. The van der Waals surface area contributed by atoms with E-state index in [1.165, 1.54) is 11.1 Å². The highest BCUT2D eigenvalue weighted by Crippen LogP contribution is 2.30. The van der Waals surface area contributed by atoms with Crippen molar-refractivity contribution in [1.82, 2.24) is 0 Å². The molecular formula is C32H27F. The molecule has 1 heteroatoms. The van der Waals surface area contributed by atoms with E-state index in [9.17, 15) is 0 Å². The molecule has 0 nitrogen and oxygen atoms in total. The van der Waals surface area contributed by atoms with Crippen molar-refractivity contribution in [3.8, 4) is 23.0 Å². The predicted molar refractivity (Wildman–Crippen MR) is 139 cm³/mol. The SMILES string of the molecule is C=CCCc1ccc(C#Cc2ccc3c(F)c(-c4ccc(CCC=C)cc4)ccc3c2)cc1. The van der Waals surface area contributed by atoms with Crippen LogP contribution in [0.25, 0.3) is 21.9 Å². The van der Waals surface area contributed by atoms with Gasteiger partial charge in [0.25, 0.3) is 0 Å². The lowest BCUT2D eigenvalue weighted by Gasteiger charge is -2.08. The van der Waals surface area contributed by atoms with Crippen LogP contribution in [0.2, 0.25) is 0 Å². The highest BCUT2D eigenvalue weighted by atomic mass is 19.1. The van der Waals surface area contributed by atoms with E-state index >= 15 is 4.39 Å². The van der Waals surface area contributed by atoms with Crippen molar-refractivity contribution in [3.05, 3.63) is 132 Å². The maximum Gasteiger partial charge on any atom is 0.138 e. The number of aryl methyl sites for hydroxylation is 2. The van der Waals surface area contributed by atoms with Gasteiger partial charge >= 0.3 is 0 Å². The van der Waals surface area contributed by atoms with E-state index in [2.05, 4.69) is 49.3 Å². The van der Waals surface area contributed by atoms with Crippen molar-refractivity contribution >= 4 is 10.8 Å². The second-order valence-electron chi connectivity index (χ2n) is 8.16. The molecule has 0 aliphatic rings. The Bertz CT molecular complexity index is 1330. The topological polar surface area (TPSA) is 0 Å². The van der Waals surface area contributed by atoms with Gasteiger partial charge < -0.3 is 0 Å². The summed E-state index contributed by atoms with van der Waals surface area (Å²) in [4.78, 5) is 0. The number of allylic oxidation sites excluding steroid dienone is 2. The Balaban J connectivity index is 1.55. The second-order valence-corrected chi connectivity index (χ2v) is 8.16. The van der Waals surface area contributed by atoms with Crippen molar-refractivity contribution in [3.63, 3.8) is 0 Å². The molecule has 0 aliphatic heterocycles. The highest BCUT2D eigenvalue weighted by Gasteiger charge is 2.10. The Morgan fingerprint density at radius 3 is 1.88 bits per heavy atom. The molecule has 0 atom stereocenters. The largest absolute Gasteiger partial charge is 0.206 e. The number of halogens is 1. The molecule has 4 rings (SSSR count). The van der Waals surface area contributed by atoms with Crippen LogP contribution in [-0.4, -0.2) is 0 Å². The van der Waals surface area contributed by atoms with Crippen molar-refractivity contribution in [2.45, 2.75) is 25.7 Å². The van der Waals surface area contributed by atoms with Crippen LogP contribution in [0, 0.1) is 17.7 Å². The summed E-state index contributed by atoms with van der Waals surface area (Å²) in [5.41, 5.74) is 5.86. The van der Waals surface area contributed by atoms with Gasteiger partial charge in [-0.1, -0.05) is 78.6 Å². The van der Waals surface area contributed by atoms with Gasteiger partial charge in [-0.15, -0.1) is 13.2 Å². The van der Waals surface area contributed by atoms with Gasteiger partial charge in [-0.3, -0.25) is 0 Å². The minimum absolute atomic E-state index is 0.194. The highest BCUT2D eigenvalue weighted by molar-refractivity contribution is 5.89. The Labute approximate surface area is 196 Å². The molecule has 0 aliphatic carbocycles. The maximum atomic E-state index is 15.3. The summed E-state index contributed by atoms with van der Waals surface area (Å²) < 4.78 is 15.3. The first-order valence-corrected chi connectivity index (χ1v) is 11.3. The summed E-state index contributed by atoms with van der Waals surface area (Å²) in [5, 5.41) is 1.46. The minimum Gasteiger partial charge on any atom is -0.206 e. The molecule has 4 aromatic carbocycles. The number of hydrogen-bond donors (Lipinski definition) is 0. The third kappa shape index (κ3) is 5.48. The summed E-state index contributed by atoms with van der Waals surface area (Å²) in [6.45, 7) is 7.53. The van der Waals surface area contributed by atoms with Crippen LogP contribution in [-0.2, 0) is 12.8 Å². The smallest absolute Gasteiger partial charge is 0.138 e. The number of benzene rings is 4. The Kier molecular flexibility index (Phi) is 7.18. The number of hydrogen-bond acceptors (Lipinski definition) is 0. The minimum atomic E-state index is -0.194. The Morgan fingerprint density at radius 2 is 1.24 bits per heavy atom. The van der Waals surface area contributed by atoms with Crippen LogP contribution in [0.4, 0.5) is 4.39 Å². The number of fused-ring (bicyclic) bond motifs is 1. The second kappa shape index (κ2) is 10.6. The van der Waals surface area contributed by atoms with Crippen LogP contribution in [0.1, 0.15) is 35.1 Å². The van der Waals surface area contributed by atoms with Gasteiger partial charge in [-0.05, 0) is 72.0 Å². The molecular weight excluding hydrogens is 403 g/mol. The summed E-state index contributed by atoms with van der Waals surface area (Å²) in [7, 11) is 0. The maximum absolute atomic E-state index is 15.3. The van der Waals surface area contributed by atoms with Gasteiger partial charge in [-0.2, -0.15) is 0 Å². The first-order chi connectivity index (χ1) is 16.2. The van der Waals surface area contributed by atoms with Crippen LogP contribution < -0.4 is 0 Å². The molecule has 0 aromatic heterocycles. The van der Waals surface area contributed by atoms with E-state index in [-0.39, 0.29) is 5.82 Å². The average Bonchev–Trinajstić information content (AvgIpc) is 2.86. The van der Waals surface area contributed by atoms with E-state index in [0.717, 1.165) is 47.8 Å². The van der Waals surface area contributed by atoms with E-state index in [1.54, 1.807) is 0 Å². The fourth-order valence-corrected chi connectivity index (χ4v) is 3.88. The van der Waals surface area contributed by atoms with Crippen molar-refractivity contribution in [1.29, 1.82) is 0 Å². The molecule has 162 valence electrons. The van der Waals surface area contributed by atoms with Crippen molar-refractivity contribution in [2.75, 3.05) is 0 Å². The third-order valence-electron chi connectivity index (χ3n) is 5.80. The molecule has 0 heterocycles. The molecule has 0 amide bonds. The predicted octanol–water partition coefficient (Wildman–Crippen LogP) is 8.28. The molecule has 0 fully saturated rings. The van der Waals surface area contributed by atoms with Gasteiger partial charge in [0.05, 0.1) is 0 Å². The zero-order valence-electron chi connectivity index (χ0n) is 18.8. The summed E-state index contributed by atoms with van der Waals surface area (Å²) in [5.74, 6) is 6.23. The standard InChI is InChI=1S/C32H27F/c1-3-5-7-24-9-11-26(12-10-24)13-14-27-17-21-31-29(23-27)20-22-30(32(31)33)28-18-15-25(16-19-28)8-6-4-2/h3-4,9-12,15-23H,1-2,5-8H2. The summed E-state index contributed by atoms with van der Waals surface area (Å²) >= 11 is 0. The summed E-state index contributed by atoms with van der Waals surface area (Å²) in [6, 6.07) is 25.9. The molecule has 4 aromatic rings. The van der Waals surface area contributed by atoms with Crippen LogP contribution >= 0.6 is 0 Å². The molecule has 0 saturated carbocycles. The molecule has 0 saturated heterocycles. The van der Waals surface area contributed by atoms with Gasteiger partial charge in [-0.25, -0.2) is 4.39 Å². The van der Waals surface area contributed by atoms with Gasteiger partial charge in [0.15, 0.2) is 0 Å². The molecule has 33 heavy (non-hydrogen) atoms. The van der Waals surface area contributed by atoms with Gasteiger partial charge in [0.1, 0.15) is 5.82 Å². The fourth-order valence-electron chi connectivity index (χ4n) is 3.88. The fraction of sp³-hybridized carbons (Fsp3) is 0.125. The van der Waals surface area contributed by atoms with Crippen molar-refractivity contribution < 1.29 is 4.39 Å². The van der Waals surface area contributed by atoms with Crippen molar-refractivity contribution in [2.24, 2.45) is 0 Å². The summed E-state index contributed by atoms with van der Waals surface area (Å²) in [6.07, 6.45) is 7.71. The normalized spacial score (nSPS) is 10.5. The quantitative estimate of drug-likeness (QED) is 0.204. The first-order valence-electron chi connectivity index (χ1n) is 11.3. The lowest BCUT2D eigenvalue weighted by Crippen LogP contribution is -1.89. The van der Waals surface area contributed by atoms with Gasteiger partial charge in [0, 0.05) is 22.1 Å². The van der Waals surface area contributed by atoms with E-state index in [0.29, 0.717) is 10.9 Å². The van der Waals surface area contributed by atoms with E-state index < -0.39 is 0 Å². The molecule has 0 spiro atoms. The van der Waals surface area contributed by atoms with Crippen LogP contribution in [0.3, 0.4) is 0 Å². The Morgan fingerprint density at radius 1 is 0.667 bits per heavy atom. The van der Waals surface area contributed by atoms with E-state index in [4.69, 9.17) is 0 Å². The monoisotopic (exact) mass is 430 g/mol. The zero-order valence-corrected chi connectivity index (χ0v) is 18.8. The molecule has 0 unspecified atom stereocenters. The molecule has 0 radical (unpaired) electrons. The van der Waals surface area contributed by atoms with Gasteiger partial charge in [0.2, 0.25) is 0 Å². The van der Waals surface area contributed by atoms with E-state index in [1.807, 2.05) is 66.7 Å². The lowest BCUT2D eigenvalue weighted by atomic mass is 9.97. The zero-order chi connectivity index (χ0) is 23.0. The van der Waals surface area contributed by atoms with Crippen LogP contribution in [0.15, 0.2) is 104 Å². The van der Waals surface area contributed by atoms with Crippen LogP contribution in [0.5, 0.6) is 0 Å². The molecule has 0 N–H and O–H groups in total. The third-order valence-corrected chi connectivity index (χ3v) is 5.80.